The number of rotatable bonds is 6. The van der Waals surface area contributed by atoms with Crippen molar-refractivity contribution in [1.82, 2.24) is 20.0 Å². The quantitative estimate of drug-likeness (QED) is 0.443. The number of hydrogen-bond donors (Lipinski definition) is 1. The first-order valence-electron chi connectivity index (χ1n) is 9.26. The van der Waals surface area contributed by atoms with Gasteiger partial charge in [0.15, 0.2) is 0 Å². The Morgan fingerprint density at radius 3 is 2.77 bits per heavy atom. The van der Waals surface area contributed by atoms with E-state index in [-0.39, 0.29) is 24.2 Å². The lowest BCUT2D eigenvalue weighted by Gasteiger charge is -2.08. The van der Waals surface area contributed by atoms with E-state index >= 15 is 0 Å². The predicted molar refractivity (Wildman–Crippen MR) is 114 cm³/mol. The highest BCUT2D eigenvalue weighted by Crippen LogP contribution is 2.26. The molecule has 0 aliphatic rings. The van der Waals surface area contributed by atoms with Crippen molar-refractivity contribution in [2.45, 2.75) is 20.0 Å². The van der Waals surface area contributed by atoms with Crippen LogP contribution in [0, 0.1) is 12.7 Å². The van der Waals surface area contributed by atoms with Gasteiger partial charge in [-0.25, -0.2) is 4.39 Å². The highest BCUT2D eigenvalue weighted by Gasteiger charge is 2.16. The fourth-order valence-electron chi connectivity index (χ4n) is 2.94. The zero-order valence-corrected chi connectivity index (χ0v) is 17.7. The molecule has 0 saturated carbocycles. The van der Waals surface area contributed by atoms with Crippen molar-refractivity contribution in [3.63, 3.8) is 0 Å². The number of carbonyl (C=O) groups is 1. The molecule has 0 fully saturated rings. The van der Waals surface area contributed by atoms with Gasteiger partial charge in [-0.05, 0) is 58.7 Å². The molecule has 8 heteroatoms. The van der Waals surface area contributed by atoms with Crippen molar-refractivity contribution >= 4 is 21.8 Å². The number of aromatic nitrogens is 3. The van der Waals surface area contributed by atoms with E-state index in [1.807, 2.05) is 31.2 Å². The molecule has 1 amide bonds. The molecular weight excluding hydrogens is 451 g/mol. The van der Waals surface area contributed by atoms with Gasteiger partial charge in [0, 0.05) is 18.3 Å². The van der Waals surface area contributed by atoms with Gasteiger partial charge >= 0.3 is 0 Å². The number of amides is 1. The Kier molecular flexibility index (Phi) is 5.76. The minimum atomic E-state index is -0.368. The molecule has 6 nitrogen and oxygen atoms in total. The van der Waals surface area contributed by atoms with Crippen molar-refractivity contribution in [3.8, 4) is 23.0 Å². The molecule has 0 aliphatic carbocycles. The minimum Gasteiger partial charge on any atom is -0.350 e. The van der Waals surface area contributed by atoms with E-state index in [4.69, 9.17) is 4.52 Å². The van der Waals surface area contributed by atoms with Gasteiger partial charge in [0.2, 0.25) is 11.7 Å². The largest absolute Gasteiger partial charge is 0.350 e. The van der Waals surface area contributed by atoms with E-state index in [2.05, 4.69) is 31.4 Å². The van der Waals surface area contributed by atoms with Crippen LogP contribution in [0.3, 0.4) is 0 Å². The molecule has 0 saturated heterocycles. The molecule has 0 bridgehead atoms. The van der Waals surface area contributed by atoms with E-state index in [1.54, 1.807) is 35.0 Å². The van der Waals surface area contributed by atoms with Crippen LogP contribution in [0.15, 0.2) is 69.8 Å². The number of nitrogens with zero attached hydrogens (tertiary/aromatic N) is 3. The van der Waals surface area contributed by atoms with E-state index in [9.17, 15) is 9.18 Å². The van der Waals surface area contributed by atoms with Crippen molar-refractivity contribution in [3.05, 3.63) is 82.2 Å². The van der Waals surface area contributed by atoms with Gasteiger partial charge < -0.3 is 14.4 Å². The van der Waals surface area contributed by atoms with Gasteiger partial charge in [0.05, 0.1) is 4.47 Å². The number of benzene rings is 2. The summed E-state index contributed by atoms with van der Waals surface area (Å²) in [6.45, 7) is 2.60. The normalized spacial score (nSPS) is 10.9. The average molecular weight is 469 g/mol. The summed E-state index contributed by atoms with van der Waals surface area (Å²) in [5.74, 6) is 0.118. The fraction of sp³-hybridized carbons (Fsp3) is 0.136. The maximum absolute atomic E-state index is 13.5. The van der Waals surface area contributed by atoms with E-state index in [0.29, 0.717) is 28.1 Å². The van der Waals surface area contributed by atoms with Gasteiger partial charge in [-0.1, -0.05) is 35.0 Å². The minimum absolute atomic E-state index is 0.119. The van der Waals surface area contributed by atoms with Crippen LogP contribution in [0.5, 0.6) is 0 Å². The van der Waals surface area contributed by atoms with Crippen LogP contribution in [0.25, 0.3) is 23.0 Å². The summed E-state index contributed by atoms with van der Waals surface area (Å²) in [5.41, 5.74) is 3.45. The van der Waals surface area contributed by atoms with Crippen LogP contribution < -0.4 is 5.32 Å². The standard InChI is InChI=1S/C22H18BrFN4O2/c1-14-4-6-15(7-5-14)12-25-20(29)13-28-10-2-3-19(28)22-26-21(27-30-22)16-8-9-18(24)17(23)11-16/h2-11H,12-13H2,1H3,(H,25,29). The number of nitrogens with one attached hydrogen (secondary N) is 1. The van der Waals surface area contributed by atoms with Crippen molar-refractivity contribution in [2.24, 2.45) is 0 Å². The third-order valence-electron chi connectivity index (χ3n) is 4.58. The number of carbonyl (C=O) groups excluding carboxylic acids is 1. The van der Waals surface area contributed by atoms with E-state index < -0.39 is 0 Å². The van der Waals surface area contributed by atoms with Gasteiger partial charge in [-0.2, -0.15) is 4.98 Å². The smallest absolute Gasteiger partial charge is 0.274 e. The molecule has 2 heterocycles. The molecule has 0 aliphatic heterocycles. The highest BCUT2D eigenvalue weighted by atomic mass is 79.9. The van der Waals surface area contributed by atoms with Crippen LogP contribution in [0.1, 0.15) is 11.1 Å². The Morgan fingerprint density at radius 1 is 1.20 bits per heavy atom. The lowest BCUT2D eigenvalue weighted by molar-refractivity contribution is -0.121. The summed E-state index contributed by atoms with van der Waals surface area (Å²) in [6.07, 6.45) is 1.78. The van der Waals surface area contributed by atoms with E-state index in [0.717, 1.165) is 5.56 Å². The molecule has 1 N–H and O–H groups in total. The SMILES string of the molecule is Cc1ccc(CNC(=O)Cn2cccc2-c2nc(-c3ccc(F)c(Br)c3)no2)cc1. The molecule has 152 valence electrons. The number of aryl methyl sites for hydroxylation is 1. The van der Waals surface area contributed by atoms with Gasteiger partial charge in [0.1, 0.15) is 18.1 Å². The van der Waals surface area contributed by atoms with Crippen molar-refractivity contribution in [2.75, 3.05) is 0 Å². The summed E-state index contributed by atoms with van der Waals surface area (Å²) in [6, 6.07) is 16.1. The Balaban J connectivity index is 1.45. The number of halogens is 2. The molecule has 30 heavy (non-hydrogen) atoms. The third kappa shape index (κ3) is 4.49. The third-order valence-corrected chi connectivity index (χ3v) is 5.18. The summed E-state index contributed by atoms with van der Waals surface area (Å²) in [5, 5.41) is 6.88. The molecule has 0 atom stereocenters. The van der Waals surface area contributed by atoms with Crippen LogP contribution in [0.4, 0.5) is 4.39 Å². The summed E-state index contributed by atoms with van der Waals surface area (Å²) >= 11 is 3.15. The Hall–Kier alpha value is -3.26. The molecule has 0 spiro atoms. The summed E-state index contributed by atoms with van der Waals surface area (Å²) in [7, 11) is 0. The molecule has 2 aromatic heterocycles. The molecule has 4 rings (SSSR count). The zero-order valence-electron chi connectivity index (χ0n) is 16.1. The molecular formula is C22H18BrFN4O2. The first kappa shape index (κ1) is 20.0. The number of hydrogen-bond acceptors (Lipinski definition) is 4. The monoisotopic (exact) mass is 468 g/mol. The van der Waals surface area contributed by atoms with Crippen LogP contribution in [0.2, 0.25) is 0 Å². The zero-order chi connectivity index (χ0) is 21.1. The van der Waals surface area contributed by atoms with Crippen molar-refractivity contribution < 1.29 is 13.7 Å². The van der Waals surface area contributed by atoms with Gasteiger partial charge in [-0.15, -0.1) is 0 Å². The van der Waals surface area contributed by atoms with Crippen LogP contribution in [-0.4, -0.2) is 20.6 Å². The molecule has 0 radical (unpaired) electrons. The lowest BCUT2D eigenvalue weighted by Crippen LogP contribution is -2.27. The van der Waals surface area contributed by atoms with Crippen LogP contribution in [-0.2, 0) is 17.9 Å². The fourth-order valence-corrected chi connectivity index (χ4v) is 3.32. The predicted octanol–water partition coefficient (Wildman–Crippen LogP) is 4.73. The summed E-state index contributed by atoms with van der Waals surface area (Å²) in [4.78, 5) is 16.8. The van der Waals surface area contributed by atoms with E-state index in [1.165, 1.54) is 11.6 Å². The lowest BCUT2D eigenvalue weighted by atomic mass is 10.1. The first-order chi connectivity index (χ1) is 14.5. The Labute approximate surface area is 180 Å². The Bertz CT molecular complexity index is 1180. The van der Waals surface area contributed by atoms with Crippen LogP contribution >= 0.6 is 15.9 Å². The van der Waals surface area contributed by atoms with Gasteiger partial charge in [0.25, 0.3) is 5.89 Å². The second-order valence-electron chi connectivity index (χ2n) is 6.84. The molecule has 4 aromatic rings. The maximum atomic E-state index is 13.5. The van der Waals surface area contributed by atoms with Gasteiger partial charge in [-0.3, -0.25) is 4.79 Å². The Morgan fingerprint density at radius 2 is 2.00 bits per heavy atom. The van der Waals surface area contributed by atoms with Crippen molar-refractivity contribution in [1.29, 1.82) is 0 Å². The highest BCUT2D eigenvalue weighted by molar-refractivity contribution is 9.10. The second kappa shape index (κ2) is 8.62. The summed E-state index contributed by atoms with van der Waals surface area (Å²) < 4.78 is 20.9. The topological polar surface area (TPSA) is 73.0 Å². The molecule has 2 aromatic carbocycles. The first-order valence-corrected chi connectivity index (χ1v) is 10.1. The average Bonchev–Trinajstić information content (AvgIpc) is 3.39. The second-order valence-corrected chi connectivity index (χ2v) is 7.69. The molecule has 0 unspecified atom stereocenters. The maximum Gasteiger partial charge on any atom is 0.274 e.